The van der Waals surface area contributed by atoms with Gasteiger partial charge < -0.3 is 9.80 Å². The Kier molecular flexibility index (Phi) is 9.13. The van der Waals surface area contributed by atoms with Crippen LogP contribution in [0.5, 0.6) is 0 Å². The van der Waals surface area contributed by atoms with E-state index in [-0.39, 0.29) is 5.41 Å². The maximum Gasteiger partial charge on any atom is 0.0714 e. The summed E-state index contributed by atoms with van der Waals surface area (Å²) in [6, 6.07) is 94.5. The van der Waals surface area contributed by atoms with Crippen molar-refractivity contribution in [2.24, 2.45) is 0 Å². The fourth-order valence-corrected chi connectivity index (χ4v) is 11.9. The summed E-state index contributed by atoms with van der Waals surface area (Å²) in [4.78, 5) is 5.04. The van der Waals surface area contributed by atoms with E-state index in [1.165, 1.54) is 94.2 Å². The third-order valence-electron chi connectivity index (χ3n) is 14.9. The highest BCUT2D eigenvalue weighted by atomic mass is 15.2. The molecule has 11 aromatic carbocycles. The largest absolute Gasteiger partial charge is 0.310 e. The Morgan fingerprint density at radius 2 is 0.838 bits per heavy atom. The van der Waals surface area contributed by atoms with Gasteiger partial charge in [0, 0.05) is 33.4 Å². The second-order valence-electron chi connectivity index (χ2n) is 18.8. The maximum absolute atomic E-state index is 2.58. The number of nitrogens with zero attached hydrogens (tertiary/aromatic N) is 2. The van der Waals surface area contributed by atoms with E-state index in [2.05, 4.69) is 278 Å². The average Bonchev–Trinajstić information content (AvgIpc) is 3.70. The third kappa shape index (κ3) is 5.90. The van der Waals surface area contributed by atoms with Crippen molar-refractivity contribution in [3.63, 3.8) is 0 Å². The first-order chi connectivity index (χ1) is 33.5. The maximum atomic E-state index is 2.58. The van der Waals surface area contributed by atoms with Crippen LogP contribution in [0.15, 0.2) is 255 Å². The predicted octanol–water partition coefficient (Wildman–Crippen LogP) is 17.6. The Hall–Kier alpha value is -8.46. The van der Waals surface area contributed by atoms with Gasteiger partial charge in [-0.25, -0.2) is 0 Å². The van der Waals surface area contributed by atoms with Crippen LogP contribution in [0.4, 0.5) is 34.1 Å². The van der Waals surface area contributed by atoms with Crippen molar-refractivity contribution < 1.29 is 0 Å². The van der Waals surface area contributed by atoms with Crippen LogP contribution in [0.25, 0.3) is 43.8 Å². The third-order valence-corrected chi connectivity index (χ3v) is 14.9. The zero-order valence-corrected chi connectivity index (χ0v) is 38.1. The van der Waals surface area contributed by atoms with E-state index in [0.29, 0.717) is 0 Å². The molecule has 322 valence electrons. The van der Waals surface area contributed by atoms with Gasteiger partial charge in [0.05, 0.1) is 22.5 Å². The van der Waals surface area contributed by atoms with E-state index in [0.717, 1.165) is 17.1 Å². The van der Waals surface area contributed by atoms with E-state index in [9.17, 15) is 0 Å². The molecule has 0 N–H and O–H groups in total. The van der Waals surface area contributed by atoms with E-state index in [4.69, 9.17) is 0 Å². The lowest BCUT2D eigenvalue weighted by molar-refractivity contribution is 0.632. The summed E-state index contributed by atoms with van der Waals surface area (Å²) >= 11 is 0. The predicted molar refractivity (Wildman–Crippen MR) is 286 cm³/mol. The highest BCUT2D eigenvalue weighted by molar-refractivity contribution is 6.11. The van der Waals surface area contributed by atoms with Crippen LogP contribution in [0, 0.1) is 0 Å². The van der Waals surface area contributed by atoms with Gasteiger partial charge in [0.25, 0.3) is 0 Å². The fourth-order valence-electron chi connectivity index (χ4n) is 11.9. The summed E-state index contributed by atoms with van der Waals surface area (Å²) in [6.07, 6.45) is 0. The molecular formula is C66H48N2. The number of para-hydroxylation sites is 2. The topological polar surface area (TPSA) is 6.48 Å². The van der Waals surface area contributed by atoms with Gasteiger partial charge in [-0.2, -0.15) is 0 Å². The van der Waals surface area contributed by atoms with Crippen molar-refractivity contribution in [3.05, 3.63) is 288 Å². The normalized spacial score (nSPS) is 13.9. The van der Waals surface area contributed by atoms with Gasteiger partial charge in [-0.05, 0) is 109 Å². The molecule has 0 unspecified atom stereocenters. The summed E-state index contributed by atoms with van der Waals surface area (Å²) in [5.74, 6) is 0. The molecule has 1 aliphatic heterocycles. The molecule has 11 aromatic rings. The minimum atomic E-state index is -0.528. The molecule has 0 bridgehead atoms. The van der Waals surface area contributed by atoms with Gasteiger partial charge in [-0.3, -0.25) is 0 Å². The van der Waals surface area contributed by atoms with Gasteiger partial charge in [0.1, 0.15) is 0 Å². The van der Waals surface area contributed by atoms with Crippen molar-refractivity contribution in [2.75, 3.05) is 9.80 Å². The van der Waals surface area contributed by atoms with Crippen LogP contribution >= 0.6 is 0 Å². The molecule has 1 heterocycles. The number of fused-ring (bicyclic) bond motifs is 7. The van der Waals surface area contributed by atoms with Crippen molar-refractivity contribution >= 4 is 55.7 Å². The van der Waals surface area contributed by atoms with Crippen molar-refractivity contribution in [2.45, 2.75) is 24.7 Å². The van der Waals surface area contributed by atoms with Gasteiger partial charge in [0.2, 0.25) is 0 Å². The number of anilines is 6. The minimum absolute atomic E-state index is 0.285. The number of hydrogen-bond donors (Lipinski definition) is 0. The van der Waals surface area contributed by atoms with E-state index in [1.807, 2.05) is 0 Å². The molecular weight excluding hydrogens is 821 g/mol. The molecule has 68 heavy (non-hydrogen) atoms. The average molecular weight is 869 g/mol. The second kappa shape index (κ2) is 15.6. The first-order valence-corrected chi connectivity index (χ1v) is 23.8. The summed E-state index contributed by atoms with van der Waals surface area (Å²) in [5, 5.41) is 4.88. The molecule has 0 saturated carbocycles. The zero-order chi connectivity index (χ0) is 45.4. The molecule has 2 aliphatic rings. The molecule has 0 spiro atoms. The molecule has 0 saturated heterocycles. The summed E-state index contributed by atoms with van der Waals surface area (Å²) in [6.45, 7) is 4.77. The first kappa shape index (κ1) is 39.9. The van der Waals surface area contributed by atoms with Crippen molar-refractivity contribution in [1.29, 1.82) is 0 Å². The van der Waals surface area contributed by atoms with Crippen molar-refractivity contribution in [1.82, 2.24) is 0 Å². The quantitative estimate of drug-likeness (QED) is 0.157. The molecule has 0 radical (unpaired) electrons. The monoisotopic (exact) mass is 868 g/mol. The standard InChI is InChI=1S/C66H48N2/c1-65(2)59-35-18-19-36-62(59)68(64-53-31-15-13-22-46(53)37-40-57(64)54-33-20-23-45-21-12-14-30-52(45)54)63-44-51(39-42-60(63)65)67(49-28-10-5-11-29-49)50-38-41-56-55-32-16-17-34-58(55)66(61(56)43-50,47-24-6-3-7-25-47)48-26-8-4-9-27-48/h3-44H,1-2H3. The fraction of sp³-hybridized carbons (Fsp3) is 0.0606. The van der Waals surface area contributed by atoms with Gasteiger partial charge in [-0.1, -0.05) is 226 Å². The van der Waals surface area contributed by atoms with E-state index in [1.54, 1.807) is 0 Å². The molecule has 0 atom stereocenters. The Morgan fingerprint density at radius 3 is 1.59 bits per heavy atom. The number of rotatable bonds is 7. The van der Waals surface area contributed by atoms with Gasteiger partial charge in [0.15, 0.2) is 0 Å². The lowest BCUT2D eigenvalue weighted by Crippen LogP contribution is -2.31. The smallest absolute Gasteiger partial charge is 0.0714 e. The van der Waals surface area contributed by atoms with E-state index >= 15 is 0 Å². The molecule has 13 rings (SSSR count). The Balaban J connectivity index is 1.08. The highest BCUT2D eigenvalue weighted by Crippen LogP contribution is 2.59. The SMILES string of the molecule is CC1(C)c2ccccc2N(c2c(-c3cccc4ccccc34)ccc3ccccc23)c2cc(N(c3ccccc3)c3ccc4c(c3)C(c3ccccc3)(c3ccccc3)c3ccccc3-4)ccc21. The minimum Gasteiger partial charge on any atom is -0.310 e. The second-order valence-corrected chi connectivity index (χ2v) is 18.8. The van der Waals surface area contributed by atoms with Crippen LogP contribution in [0.1, 0.15) is 47.2 Å². The molecule has 0 amide bonds. The zero-order valence-electron chi connectivity index (χ0n) is 38.1. The molecule has 1 aliphatic carbocycles. The highest BCUT2D eigenvalue weighted by Gasteiger charge is 2.46. The Bertz CT molecular complexity index is 3680. The Labute approximate surface area is 398 Å². The van der Waals surface area contributed by atoms with Crippen LogP contribution in [-0.2, 0) is 10.8 Å². The number of hydrogen-bond acceptors (Lipinski definition) is 2. The number of benzene rings is 11. The van der Waals surface area contributed by atoms with E-state index < -0.39 is 5.41 Å². The van der Waals surface area contributed by atoms with Crippen LogP contribution in [-0.4, -0.2) is 0 Å². The first-order valence-electron chi connectivity index (χ1n) is 23.8. The molecule has 2 nitrogen and oxygen atoms in total. The summed E-state index contributed by atoms with van der Waals surface area (Å²) < 4.78 is 0. The van der Waals surface area contributed by atoms with Crippen LogP contribution in [0.2, 0.25) is 0 Å². The lowest BCUT2D eigenvalue weighted by Gasteiger charge is -2.43. The van der Waals surface area contributed by atoms with Crippen LogP contribution < -0.4 is 9.80 Å². The van der Waals surface area contributed by atoms with Crippen molar-refractivity contribution in [3.8, 4) is 22.3 Å². The lowest BCUT2D eigenvalue weighted by atomic mass is 9.67. The molecule has 0 fully saturated rings. The molecule has 2 heteroatoms. The summed E-state index contributed by atoms with van der Waals surface area (Å²) in [7, 11) is 0. The summed E-state index contributed by atoms with van der Waals surface area (Å²) in [5.41, 5.74) is 18.6. The van der Waals surface area contributed by atoms with Crippen LogP contribution in [0.3, 0.4) is 0 Å². The molecule has 0 aromatic heterocycles. The Morgan fingerprint density at radius 1 is 0.324 bits per heavy atom. The van der Waals surface area contributed by atoms with Gasteiger partial charge in [-0.15, -0.1) is 0 Å². The van der Waals surface area contributed by atoms with Gasteiger partial charge >= 0.3 is 0 Å².